The van der Waals surface area contributed by atoms with E-state index in [1.807, 2.05) is 12.4 Å². The van der Waals surface area contributed by atoms with E-state index < -0.39 is 0 Å². The summed E-state index contributed by atoms with van der Waals surface area (Å²) in [6.45, 7) is 1.03. The second-order valence-corrected chi connectivity index (χ2v) is 2.33. The van der Waals surface area contributed by atoms with Gasteiger partial charge >= 0.3 is 0 Å². The summed E-state index contributed by atoms with van der Waals surface area (Å²) in [4.78, 5) is 2.24. The molecule has 0 amide bonds. The molecule has 1 atom stereocenters. The highest BCUT2D eigenvalue weighted by molar-refractivity contribution is 5.04. The maximum absolute atomic E-state index is 4.25. The van der Waals surface area contributed by atoms with E-state index in [0.29, 0.717) is 6.17 Å². The van der Waals surface area contributed by atoms with Crippen LogP contribution in [0.5, 0.6) is 0 Å². The van der Waals surface area contributed by atoms with Gasteiger partial charge in [-0.3, -0.25) is 5.32 Å². The molecule has 0 aromatic heterocycles. The Morgan fingerprint density at radius 3 is 3.33 bits per heavy atom. The van der Waals surface area contributed by atoms with E-state index >= 15 is 0 Å². The van der Waals surface area contributed by atoms with Gasteiger partial charge in [0.15, 0.2) is 0 Å². The quantitative estimate of drug-likeness (QED) is 0.430. The Morgan fingerprint density at radius 2 is 2.44 bits per heavy atom. The standard InChI is InChI=1S/C7H9N2/c1-2-5-9-6-4-8-7(9)3-1/h1-2,4,6-7H,3,5H2. The van der Waals surface area contributed by atoms with Crippen molar-refractivity contribution in [2.45, 2.75) is 12.6 Å². The summed E-state index contributed by atoms with van der Waals surface area (Å²) in [7, 11) is 0. The van der Waals surface area contributed by atoms with Crippen molar-refractivity contribution in [3.8, 4) is 0 Å². The molecular weight excluding hydrogens is 112 g/mol. The molecule has 0 saturated carbocycles. The van der Waals surface area contributed by atoms with Gasteiger partial charge in [0, 0.05) is 25.4 Å². The zero-order valence-electron chi connectivity index (χ0n) is 5.20. The van der Waals surface area contributed by atoms with Crippen LogP contribution in [0.2, 0.25) is 0 Å². The summed E-state index contributed by atoms with van der Waals surface area (Å²) in [5.41, 5.74) is 0. The van der Waals surface area contributed by atoms with Crippen molar-refractivity contribution in [2.24, 2.45) is 0 Å². The van der Waals surface area contributed by atoms with E-state index in [9.17, 15) is 0 Å². The highest BCUT2D eigenvalue weighted by Gasteiger charge is 2.19. The molecule has 1 radical (unpaired) electrons. The molecular formula is C7H9N2. The first kappa shape index (κ1) is 4.91. The Kier molecular flexibility index (Phi) is 0.979. The third kappa shape index (κ3) is 0.707. The van der Waals surface area contributed by atoms with Crippen LogP contribution in [0.1, 0.15) is 6.42 Å². The van der Waals surface area contributed by atoms with Gasteiger partial charge in [0.25, 0.3) is 0 Å². The SMILES string of the molecule is C1=CCN2C=C[N]C2C1. The maximum atomic E-state index is 4.25. The topological polar surface area (TPSA) is 17.3 Å². The van der Waals surface area contributed by atoms with Gasteiger partial charge in [-0.25, -0.2) is 0 Å². The molecule has 2 heteroatoms. The van der Waals surface area contributed by atoms with Crippen molar-refractivity contribution >= 4 is 0 Å². The molecule has 2 nitrogen and oxygen atoms in total. The fourth-order valence-electron chi connectivity index (χ4n) is 1.20. The number of fused-ring (bicyclic) bond motifs is 1. The van der Waals surface area contributed by atoms with Gasteiger partial charge in [0.05, 0.1) is 0 Å². The molecule has 47 valence electrons. The molecule has 0 fully saturated rings. The minimum absolute atomic E-state index is 0.426. The third-order valence-electron chi connectivity index (χ3n) is 1.73. The van der Waals surface area contributed by atoms with Crippen LogP contribution in [0.15, 0.2) is 24.6 Å². The largest absolute Gasteiger partial charge is 0.350 e. The van der Waals surface area contributed by atoms with Crippen molar-refractivity contribution in [3.05, 3.63) is 24.6 Å². The van der Waals surface area contributed by atoms with Crippen molar-refractivity contribution in [1.29, 1.82) is 0 Å². The van der Waals surface area contributed by atoms with Crippen LogP contribution in [-0.2, 0) is 0 Å². The van der Waals surface area contributed by atoms with E-state index in [-0.39, 0.29) is 0 Å². The monoisotopic (exact) mass is 121 g/mol. The molecule has 0 aromatic rings. The van der Waals surface area contributed by atoms with Crippen LogP contribution in [0.3, 0.4) is 0 Å². The minimum atomic E-state index is 0.426. The minimum Gasteiger partial charge on any atom is -0.350 e. The molecule has 2 aliphatic rings. The lowest BCUT2D eigenvalue weighted by Crippen LogP contribution is -2.33. The molecule has 2 heterocycles. The lowest BCUT2D eigenvalue weighted by atomic mass is 10.2. The summed E-state index contributed by atoms with van der Waals surface area (Å²) in [5.74, 6) is 0. The fraction of sp³-hybridized carbons (Fsp3) is 0.429. The van der Waals surface area contributed by atoms with E-state index in [1.54, 1.807) is 0 Å². The zero-order valence-corrected chi connectivity index (χ0v) is 5.20. The van der Waals surface area contributed by atoms with Gasteiger partial charge in [-0.1, -0.05) is 12.2 Å². The maximum Gasteiger partial charge on any atom is 0.124 e. The van der Waals surface area contributed by atoms with Gasteiger partial charge in [-0.2, -0.15) is 0 Å². The predicted octanol–water partition coefficient (Wildman–Crippen LogP) is 0.664. The number of rotatable bonds is 0. The Labute approximate surface area is 54.8 Å². The first-order valence-electron chi connectivity index (χ1n) is 3.24. The lowest BCUT2D eigenvalue weighted by molar-refractivity contribution is 0.290. The molecule has 0 N–H and O–H groups in total. The molecule has 0 aromatic carbocycles. The second-order valence-electron chi connectivity index (χ2n) is 2.33. The zero-order chi connectivity index (χ0) is 6.10. The summed E-state index contributed by atoms with van der Waals surface area (Å²) in [6, 6.07) is 0. The van der Waals surface area contributed by atoms with Crippen molar-refractivity contribution in [1.82, 2.24) is 10.2 Å². The summed E-state index contributed by atoms with van der Waals surface area (Å²) >= 11 is 0. The summed E-state index contributed by atoms with van der Waals surface area (Å²) in [6.07, 6.45) is 9.81. The van der Waals surface area contributed by atoms with Gasteiger partial charge in [-0.15, -0.1) is 0 Å². The highest BCUT2D eigenvalue weighted by Crippen LogP contribution is 2.13. The van der Waals surface area contributed by atoms with Gasteiger partial charge in [-0.05, 0) is 0 Å². The van der Waals surface area contributed by atoms with Crippen molar-refractivity contribution in [3.63, 3.8) is 0 Å². The van der Waals surface area contributed by atoms with Crippen LogP contribution >= 0.6 is 0 Å². The fourth-order valence-corrected chi connectivity index (χ4v) is 1.20. The van der Waals surface area contributed by atoms with Crippen LogP contribution in [0, 0.1) is 0 Å². The van der Waals surface area contributed by atoms with E-state index in [1.165, 1.54) is 0 Å². The van der Waals surface area contributed by atoms with Crippen LogP contribution in [-0.4, -0.2) is 17.6 Å². The van der Waals surface area contributed by atoms with Crippen LogP contribution < -0.4 is 5.32 Å². The van der Waals surface area contributed by atoms with Crippen molar-refractivity contribution in [2.75, 3.05) is 6.54 Å². The van der Waals surface area contributed by atoms with Gasteiger partial charge in [0.1, 0.15) is 6.17 Å². The average Bonchev–Trinajstić information content (AvgIpc) is 2.33. The Balaban J connectivity index is 2.13. The molecule has 1 unspecified atom stereocenters. The summed E-state index contributed by atoms with van der Waals surface area (Å²) in [5, 5.41) is 4.25. The molecule has 2 aliphatic heterocycles. The Morgan fingerprint density at radius 1 is 1.44 bits per heavy atom. The number of nitrogens with zero attached hydrogens (tertiary/aromatic N) is 2. The normalized spacial score (nSPS) is 30.2. The smallest absolute Gasteiger partial charge is 0.124 e. The van der Waals surface area contributed by atoms with E-state index in [2.05, 4.69) is 22.4 Å². The molecule has 0 saturated heterocycles. The molecule has 2 rings (SSSR count). The highest BCUT2D eigenvalue weighted by atomic mass is 15.3. The first-order valence-corrected chi connectivity index (χ1v) is 3.24. The first-order chi connectivity index (χ1) is 4.47. The second kappa shape index (κ2) is 1.79. The molecule has 9 heavy (non-hydrogen) atoms. The molecule has 0 spiro atoms. The number of hydrogen-bond acceptors (Lipinski definition) is 1. The van der Waals surface area contributed by atoms with Gasteiger partial charge in [0.2, 0.25) is 0 Å². The van der Waals surface area contributed by atoms with E-state index in [0.717, 1.165) is 13.0 Å². The van der Waals surface area contributed by atoms with Crippen molar-refractivity contribution < 1.29 is 0 Å². The Hall–Kier alpha value is -0.920. The Bertz CT molecular complexity index is 160. The van der Waals surface area contributed by atoms with Crippen LogP contribution in [0.4, 0.5) is 0 Å². The average molecular weight is 121 g/mol. The number of hydrogen-bond donors (Lipinski definition) is 0. The van der Waals surface area contributed by atoms with E-state index in [4.69, 9.17) is 0 Å². The summed E-state index contributed by atoms with van der Waals surface area (Å²) < 4.78 is 0. The van der Waals surface area contributed by atoms with Gasteiger partial charge < -0.3 is 4.90 Å². The molecule has 0 bridgehead atoms. The third-order valence-corrected chi connectivity index (χ3v) is 1.73. The predicted molar refractivity (Wildman–Crippen MR) is 35.5 cm³/mol. The van der Waals surface area contributed by atoms with Crippen LogP contribution in [0.25, 0.3) is 0 Å². The lowest BCUT2D eigenvalue weighted by Gasteiger charge is -2.24. The molecule has 0 aliphatic carbocycles.